The van der Waals surface area contributed by atoms with Crippen molar-refractivity contribution in [2.24, 2.45) is 5.41 Å². The van der Waals surface area contributed by atoms with Crippen molar-refractivity contribution in [3.05, 3.63) is 28.9 Å². The molecule has 0 bridgehead atoms. The summed E-state index contributed by atoms with van der Waals surface area (Å²) >= 11 is 0. The Morgan fingerprint density at radius 1 is 1.60 bits per heavy atom. The maximum atomic E-state index is 11.2. The largest absolute Gasteiger partial charge is 0.347 e. The summed E-state index contributed by atoms with van der Waals surface area (Å²) in [6.45, 7) is 4.43. The van der Waals surface area contributed by atoms with Crippen LogP contribution in [0.2, 0.25) is 0 Å². The van der Waals surface area contributed by atoms with Gasteiger partial charge in [-0.2, -0.15) is 5.26 Å². The summed E-state index contributed by atoms with van der Waals surface area (Å²) in [6, 6.07) is 3.97. The standard InChI is InChI=1S/C11H15N3O/c1-11(2,9-12)5-3-7-14-8-4-6-13-10(14)15/h4,6,8H,3,5,7H2,1-2H3. The van der Waals surface area contributed by atoms with Gasteiger partial charge >= 0.3 is 5.69 Å². The van der Waals surface area contributed by atoms with Crippen LogP contribution in [-0.2, 0) is 6.54 Å². The lowest BCUT2D eigenvalue weighted by Crippen LogP contribution is -2.22. The van der Waals surface area contributed by atoms with Crippen LogP contribution in [-0.4, -0.2) is 9.55 Å². The van der Waals surface area contributed by atoms with Crippen molar-refractivity contribution < 1.29 is 0 Å². The van der Waals surface area contributed by atoms with Crippen molar-refractivity contribution in [1.82, 2.24) is 9.55 Å². The Labute approximate surface area is 89.2 Å². The van der Waals surface area contributed by atoms with Gasteiger partial charge in [0.2, 0.25) is 0 Å². The van der Waals surface area contributed by atoms with Crippen LogP contribution in [0, 0.1) is 16.7 Å². The van der Waals surface area contributed by atoms with Crippen LogP contribution in [0.1, 0.15) is 26.7 Å². The number of nitrogens with zero attached hydrogens (tertiary/aromatic N) is 3. The topological polar surface area (TPSA) is 58.7 Å². The van der Waals surface area contributed by atoms with Crippen molar-refractivity contribution in [2.75, 3.05) is 0 Å². The molecule has 4 heteroatoms. The van der Waals surface area contributed by atoms with Gasteiger partial charge in [-0.15, -0.1) is 0 Å². The Kier molecular flexibility index (Phi) is 3.62. The predicted molar refractivity (Wildman–Crippen MR) is 57.1 cm³/mol. The first-order chi connectivity index (χ1) is 7.05. The van der Waals surface area contributed by atoms with E-state index in [-0.39, 0.29) is 11.1 Å². The van der Waals surface area contributed by atoms with Crippen LogP contribution in [0.4, 0.5) is 0 Å². The predicted octanol–water partition coefficient (Wildman–Crippen LogP) is 1.57. The monoisotopic (exact) mass is 205 g/mol. The molecular formula is C11H15N3O. The highest BCUT2D eigenvalue weighted by Crippen LogP contribution is 2.20. The second kappa shape index (κ2) is 4.74. The number of aryl methyl sites for hydroxylation is 1. The molecule has 0 amide bonds. The van der Waals surface area contributed by atoms with Crippen molar-refractivity contribution in [3.8, 4) is 6.07 Å². The molecular weight excluding hydrogens is 190 g/mol. The van der Waals surface area contributed by atoms with Crippen LogP contribution in [0.3, 0.4) is 0 Å². The van der Waals surface area contributed by atoms with Crippen molar-refractivity contribution in [3.63, 3.8) is 0 Å². The van der Waals surface area contributed by atoms with E-state index in [2.05, 4.69) is 11.1 Å². The van der Waals surface area contributed by atoms with Gasteiger partial charge in [-0.25, -0.2) is 9.78 Å². The molecule has 0 aliphatic carbocycles. The van der Waals surface area contributed by atoms with E-state index >= 15 is 0 Å². The average Bonchev–Trinajstić information content (AvgIpc) is 2.21. The Bertz CT molecular complexity index is 414. The third-order valence-electron chi connectivity index (χ3n) is 2.29. The Hall–Kier alpha value is -1.63. The van der Waals surface area contributed by atoms with Crippen molar-refractivity contribution >= 4 is 0 Å². The summed E-state index contributed by atoms with van der Waals surface area (Å²) < 4.78 is 1.56. The lowest BCUT2D eigenvalue weighted by molar-refractivity contribution is 0.412. The zero-order chi connectivity index (χ0) is 11.3. The number of hydrogen-bond donors (Lipinski definition) is 0. The van der Waals surface area contributed by atoms with Gasteiger partial charge in [0.15, 0.2) is 0 Å². The molecule has 0 radical (unpaired) electrons. The lowest BCUT2D eigenvalue weighted by Gasteiger charge is -2.14. The lowest BCUT2D eigenvalue weighted by atomic mass is 9.90. The van der Waals surface area contributed by atoms with E-state index in [9.17, 15) is 4.79 Å². The maximum Gasteiger partial charge on any atom is 0.347 e. The molecule has 15 heavy (non-hydrogen) atoms. The SMILES string of the molecule is CC(C)(C#N)CCCn1cccnc1=O. The molecule has 0 spiro atoms. The summed E-state index contributed by atoms with van der Waals surface area (Å²) in [4.78, 5) is 14.9. The quantitative estimate of drug-likeness (QED) is 0.749. The molecule has 0 aliphatic rings. The minimum absolute atomic E-state index is 0.229. The summed E-state index contributed by atoms with van der Waals surface area (Å²) in [5.41, 5.74) is -0.543. The highest BCUT2D eigenvalue weighted by atomic mass is 16.1. The minimum Gasteiger partial charge on any atom is -0.299 e. The second-order valence-corrected chi connectivity index (χ2v) is 4.19. The summed E-state index contributed by atoms with van der Waals surface area (Å²) in [7, 11) is 0. The molecule has 0 saturated heterocycles. The Morgan fingerprint density at radius 3 is 2.93 bits per heavy atom. The zero-order valence-electron chi connectivity index (χ0n) is 9.10. The first kappa shape index (κ1) is 11.4. The average molecular weight is 205 g/mol. The number of aromatic nitrogens is 2. The van der Waals surface area contributed by atoms with Crippen LogP contribution < -0.4 is 5.69 Å². The number of hydrogen-bond acceptors (Lipinski definition) is 3. The van der Waals surface area contributed by atoms with Gasteiger partial charge in [0.05, 0.1) is 11.5 Å². The van der Waals surface area contributed by atoms with Gasteiger partial charge < -0.3 is 0 Å². The molecule has 1 aromatic rings. The molecule has 0 unspecified atom stereocenters. The smallest absolute Gasteiger partial charge is 0.299 e. The second-order valence-electron chi connectivity index (χ2n) is 4.19. The van der Waals surface area contributed by atoms with E-state index in [0.29, 0.717) is 6.54 Å². The molecule has 0 N–H and O–H groups in total. The fourth-order valence-corrected chi connectivity index (χ4v) is 1.30. The number of rotatable bonds is 4. The normalized spacial score (nSPS) is 11.0. The van der Waals surface area contributed by atoms with E-state index in [1.54, 1.807) is 16.8 Å². The minimum atomic E-state index is -0.314. The summed E-state index contributed by atoms with van der Waals surface area (Å²) in [5.74, 6) is 0. The molecule has 4 nitrogen and oxygen atoms in total. The van der Waals surface area contributed by atoms with E-state index < -0.39 is 0 Å². The van der Waals surface area contributed by atoms with Gasteiger partial charge in [0, 0.05) is 18.9 Å². The molecule has 0 aliphatic heterocycles. The molecule has 1 aromatic heterocycles. The van der Waals surface area contributed by atoms with Crippen molar-refractivity contribution in [2.45, 2.75) is 33.2 Å². The number of nitriles is 1. The molecule has 1 heterocycles. The van der Waals surface area contributed by atoms with Crippen LogP contribution >= 0.6 is 0 Å². The van der Waals surface area contributed by atoms with Gasteiger partial charge in [0.1, 0.15) is 0 Å². The fourth-order valence-electron chi connectivity index (χ4n) is 1.30. The Balaban J connectivity index is 2.50. The molecule has 0 saturated carbocycles. The molecule has 80 valence electrons. The molecule has 0 atom stereocenters. The summed E-state index contributed by atoms with van der Waals surface area (Å²) in [6.07, 6.45) is 4.80. The Morgan fingerprint density at radius 2 is 2.33 bits per heavy atom. The van der Waals surface area contributed by atoms with Crippen LogP contribution in [0.25, 0.3) is 0 Å². The van der Waals surface area contributed by atoms with Gasteiger partial charge in [-0.05, 0) is 32.8 Å². The van der Waals surface area contributed by atoms with Gasteiger partial charge in [-0.1, -0.05) is 0 Å². The highest BCUT2D eigenvalue weighted by molar-refractivity contribution is 4.91. The van der Waals surface area contributed by atoms with Crippen LogP contribution in [0.15, 0.2) is 23.3 Å². The fraction of sp³-hybridized carbons (Fsp3) is 0.545. The summed E-state index contributed by atoms with van der Waals surface area (Å²) in [5, 5.41) is 8.81. The van der Waals surface area contributed by atoms with Crippen molar-refractivity contribution in [1.29, 1.82) is 5.26 Å². The molecule has 0 aromatic carbocycles. The van der Waals surface area contributed by atoms with E-state index in [4.69, 9.17) is 5.26 Å². The van der Waals surface area contributed by atoms with E-state index in [1.807, 2.05) is 13.8 Å². The van der Waals surface area contributed by atoms with E-state index in [1.165, 1.54) is 6.20 Å². The highest BCUT2D eigenvalue weighted by Gasteiger charge is 2.15. The molecule has 0 fully saturated rings. The van der Waals surface area contributed by atoms with Crippen LogP contribution in [0.5, 0.6) is 0 Å². The first-order valence-electron chi connectivity index (χ1n) is 4.98. The van der Waals surface area contributed by atoms with E-state index in [0.717, 1.165) is 12.8 Å². The first-order valence-corrected chi connectivity index (χ1v) is 4.98. The van der Waals surface area contributed by atoms with Gasteiger partial charge in [0.25, 0.3) is 0 Å². The third kappa shape index (κ3) is 3.55. The zero-order valence-corrected chi connectivity index (χ0v) is 9.10. The maximum absolute atomic E-state index is 11.2. The third-order valence-corrected chi connectivity index (χ3v) is 2.29. The van der Waals surface area contributed by atoms with Gasteiger partial charge in [-0.3, -0.25) is 4.57 Å². The molecule has 1 rings (SSSR count).